The Balaban J connectivity index is 2.00. The second-order valence-corrected chi connectivity index (χ2v) is 8.98. The summed E-state index contributed by atoms with van der Waals surface area (Å²) in [5.41, 5.74) is -0.477. The number of fused-ring (bicyclic) bond motifs is 1. The van der Waals surface area contributed by atoms with Crippen LogP contribution in [-0.4, -0.2) is 28.5 Å². The lowest BCUT2D eigenvalue weighted by Gasteiger charge is -2.19. The summed E-state index contributed by atoms with van der Waals surface area (Å²) in [5.74, 6) is -1.58. The van der Waals surface area contributed by atoms with Crippen LogP contribution in [0.2, 0.25) is 0 Å². The zero-order valence-corrected chi connectivity index (χ0v) is 19.3. The van der Waals surface area contributed by atoms with Crippen molar-refractivity contribution in [2.24, 2.45) is 0 Å². The summed E-state index contributed by atoms with van der Waals surface area (Å²) in [6.07, 6.45) is 2.90. The lowest BCUT2D eigenvalue weighted by molar-refractivity contribution is 0.151. The topological polar surface area (TPSA) is 136 Å². The number of aromatic hydroxyl groups is 3. The first-order valence-electron chi connectivity index (χ1n) is 10.7. The zero-order chi connectivity index (χ0) is 24.0. The van der Waals surface area contributed by atoms with Gasteiger partial charge in [0.1, 0.15) is 11.3 Å². The molecule has 3 rings (SSSR count). The van der Waals surface area contributed by atoms with E-state index in [0.29, 0.717) is 12.8 Å². The van der Waals surface area contributed by atoms with Crippen LogP contribution in [0.5, 0.6) is 23.0 Å². The maximum absolute atomic E-state index is 13.1. The molecule has 0 radical (unpaired) electrons. The van der Waals surface area contributed by atoms with Gasteiger partial charge in [-0.1, -0.05) is 26.7 Å². The van der Waals surface area contributed by atoms with E-state index in [1.54, 1.807) is 0 Å². The molecule has 0 unspecified atom stereocenters. The van der Waals surface area contributed by atoms with Crippen LogP contribution in [0.1, 0.15) is 39.5 Å². The van der Waals surface area contributed by atoms with E-state index in [0.717, 1.165) is 12.8 Å². The quantitative estimate of drug-likeness (QED) is 0.234. The number of rotatable bonds is 11. The van der Waals surface area contributed by atoms with E-state index in [4.69, 9.17) is 18.0 Å². The molecule has 0 atom stereocenters. The van der Waals surface area contributed by atoms with E-state index in [9.17, 15) is 24.7 Å². The standard InChI is InChI=1S/C23H27O9P/c1-3-5-11-29-33(28,30-12-6-4-2)32-20-13-15(7-10-18(20)25)23-22(27)21(26)17-9-8-16(24)14-19(17)31-23/h7-10,13-14,24-25,27H,3-6,11-12H2,1-2H3. The Hall–Kier alpha value is -3.00. The lowest BCUT2D eigenvalue weighted by atomic mass is 10.1. The molecule has 3 N–H and O–H groups in total. The van der Waals surface area contributed by atoms with Gasteiger partial charge in [-0.15, -0.1) is 0 Å². The minimum atomic E-state index is -4.05. The molecule has 178 valence electrons. The minimum Gasteiger partial charge on any atom is -0.508 e. The highest BCUT2D eigenvalue weighted by Gasteiger charge is 2.30. The van der Waals surface area contributed by atoms with Gasteiger partial charge in [0.05, 0.1) is 18.6 Å². The van der Waals surface area contributed by atoms with Crippen molar-refractivity contribution in [3.8, 4) is 34.3 Å². The normalized spacial score (nSPS) is 11.7. The number of phosphoric acid groups is 1. The molecule has 0 saturated carbocycles. The minimum absolute atomic E-state index is 0.0554. The molecular weight excluding hydrogens is 451 g/mol. The van der Waals surface area contributed by atoms with Crippen LogP contribution in [-0.2, 0) is 13.6 Å². The number of hydrogen-bond donors (Lipinski definition) is 3. The summed E-state index contributed by atoms with van der Waals surface area (Å²) in [5, 5.41) is 30.5. The van der Waals surface area contributed by atoms with Gasteiger partial charge in [-0.05, 0) is 43.2 Å². The predicted molar refractivity (Wildman–Crippen MR) is 123 cm³/mol. The van der Waals surface area contributed by atoms with Crippen LogP contribution >= 0.6 is 7.82 Å². The van der Waals surface area contributed by atoms with Gasteiger partial charge in [0.2, 0.25) is 11.2 Å². The molecule has 10 heteroatoms. The molecule has 0 aliphatic heterocycles. The molecule has 1 heterocycles. The summed E-state index contributed by atoms with van der Waals surface area (Å²) < 4.78 is 35.0. The number of phenolic OH excluding ortho intramolecular Hbond substituents is 2. The van der Waals surface area contributed by atoms with Crippen molar-refractivity contribution in [1.82, 2.24) is 0 Å². The fourth-order valence-electron chi connectivity index (χ4n) is 2.95. The highest BCUT2D eigenvalue weighted by atomic mass is 31.2. The van der Waals surface area contributed by atoms with Crippen molar-refractivity contribution in [1.29, 1.82) is 0 Å². The summed E-state index contributed by atoms with van der Waals surface area (Å²) >= 11 is 0. The molecule has 0 amide bonds. The Morgan fingerprint density at radius 2 is 1.61 bits per heavy atom. The summed E-state index contributed by atoms with van der Waals surface area (Å²) in [6, 6.07) is 7.76. The van der Waals surface area contributed by atoms with E-state index in [-0.39, 0.29) is 52.8 Å². The van der Waals surface area contributed by atoms with Gasteiger partial charge in [0, 0.05) is 11.6 Å². The maximum atomic E-state index is 13.1. The van der Waals surface area contributed by atoms with E-state index >= 15 is 0 Å². The van der Waals surface area contributed by atoms with Crippen molar-refractivity contribution < 1.29 is 37.9 Å². The molecule has 3 aromatic rings. The molecule has 0 saturated heterocycles. The van der Waals surface area contributed by atoms with Crippen LogP contribution < -0.4 is 9.95 Å². The zero-order valence-electron chi connectivity index (χ0n) is 18.4. The molecule has 0 fully saturated rings. The lowest BCUT2D eigenvalue weighted by Crippen LogP contribution is -2.05. The van der Waals surface area contributed by atoms with Crippen molar-refractivity contribution in [2.75, 3.05) is 13.2 Å². The number of hydrogen-bond acceptors (Lipinski definition) is 9. The van der Waals surface area contributed by atoms with E-state index < -0.39 is 19.0 Å². The third-order valence-corrected chi connectivity index (χ3v) is 6.20. The van der Waals surface area contributed by atoms with Gasteiger partial charge in [-0.2, -0.15) is 0 Å². The molecule has 2 aromatic carbocycles. The summed E-state index contributed by atoms with van der Waals surface area (Å²) in [7, 11) is -4.05. The fourth-order valence-corrected chi connectivity index (χ4v) is 4.22. The van der Waals surface area contributed by atoms with Crippen LogP contribution in [0.25, 0.3) is 22.3 Å². The molecule has 0 aliphatic carbocycles. The van der Waals surface area contributed by atoms with Crippen molar-refractivity contribution >= 4 is 18.8 Å². The molecule has 0 spiro atoms. The smallest absolute Gasteiger partial charge is 0.508 e. The Bertz CT molecular complexity index is 1200. The van der Waals surface area contributed by atoms with Crippen LogP contribution in [0.4, 0.5) is 0 Å². The third-order valence-electron chi connectivity index (χ3n) is 4.78. The SMILES string of the molecule is CCCCOP(=O)(OCCCC)Oc1cc(-c2oc3cc(O)ccc3c(=O)c2O)ccc1O. The van der Waals surface area contributed by atoms with E-state index in [1.807, 2.05) is 13.8 Å². The average molecular weight is 478 g/mol. The largest absolute Gasteiger partial charge is 0.530 e. The van der Waals surface area contributed by atoms with E-state index in [1.165, 1.54) is 36.4 Å². The van der Waals surface area contributed by atoms with Gasteiger partial charge in [-0.25, -0.2) is 4.57 Å². The molecule has 33 heavy (non-hydrogen) atoms. The van der Waals surface area contributed by atoms with Gasteiger partial charge in [0.15, 0.2) is 17.3 Å². The van der Waals surface area contributed by atoms with E-state index in [2.05, 4.69) is 0 Å². The summed E-state index contributed by atoms with van der Waals surface area (Å²) in [4.78, 5) is 12.6. The van der Waals surface area contributed by atoms with Gasteiger partial charge in [-0.3, -0.25) is 13.8 Å². The van der Waals surface area contributed by atoms with Gasteiger partial charge < -0.3 is 24.3 Å². The molecule has 0 aliphatic rings. The Morgan fingerprint density at radius 3 is 2.24 bits per heavy atom. The van der Waals surface area contributed by atoms with Crippen molar-refractivity contribution in [3.63, 3.8) is 0 Å². The van der Waals surface area contributed by atoms with Gasteiger partial charge >= 0.3 is 7.82 Å². The van der Waals surface area contributed by atoms with Crippen molar-refractivity contribution in [2.45, 2.75) is 39.5 Å². The molecule has 9 nitrogen and oxygen atoms in total. The molecule has 0 bridgehead atoms. The highest BCUT2D eigenvalue weighted by Crippen LogP contribution is 2.52. The first-order valence-corrected chi connectivity index (χ1v) is 12.1. The Labute approximate surface area is 190 Å². The van der Waals surface area contributed by atoms with Crippen LogP contribution in [0.15, 0.2) is 45.6 Å². The number of phenols is 2. The second kappa shape index (κ2) is 10.7. The first-order chi connectivity index (χ1) is 15.8. The average Bonchev–Trinajstić information content (AvgIpc) is 2.78. The van der Waals surface area contributed by atoms with Crippen molar-refractivity contribution in [3.05, 3.63) is 46.6 Å². The number of unbranched alkanes of at least 4 members (excludes halogenated alkanes) is 2. The van der Waals surface area contributed by atoms with Gasteiger partial charge in [0.25, 0.3) is 0 Å². The maximum Gasteiger partial charge on any atom is 0.530 e. The highest BCUT2D eigenvalue weighted by molar-refractivity contribution is 7.48. The fraction of sp³-hybridized carbons (Fsp3) is 0.348. The van der Waals surface area contributed by atoms with Crippen LogP contribution in [0, 0.1) is 0 Å². The Morgan fingerprint density at radius 1 is 0.939 bits per heavy atom. The third kappa shape index (κ3) is 5.87. The predicted octanol–water partition coefficient (Wildman–Crippen LogP) is 5.70. The monoisotopic (exact) mass is 478 g/mol. The Kier molecular flexibility index (Phi) is 8.02. The number of phosphoric ester groups is 1. The first kappa shape index (κ1) is 24.6. The summed E-state index contributed by atoms with van der Waals surface area (Å²) in [6.45, 7) is 4.19. The number of benzene rings is 2. The molecule has 1 aromatic heterocycles. The second-order valence-electron chi connectivity index (χ2n) is 7.38. The van der Waals surface area contributed by atoms with Crippen LogP contribution in [0.3, 0.4) is 0 Å². The molecular formula is C23H27O9P.